The first kappa shape index (κ1) is 12.5. The van der Waals surface area contributed by atoms with Crippen LogP contribution in [0.1, 0.15) is 40.5 Å². The van der Waals surface area contributed by atoms with Crippen LogP contribution in [0.4, 0.5) is 0 Å². The molecular formula is C11H21NO3. The van der Waals surface area contributed by atoms with Crippen molar-refractivity contribution in [3.05, 3.63) is 0 Å². The van der Waals surface area contributed by atoms with E-state index in [9.17, 15) is 4.79 Å². The monoisotopic (exact) mass is 215 g/mol. The Kier molecular flexibility index (Phi) is 2.87. The summed E-state index contributed by atoms with van der Waals surface area (Å²) in [6, 6.07) is 0. The van der Waals surface area contributed by atoms with Gasteiger partial charge < -0.3 is 15.6 Å². The molecule has 4 heteroatoms. The predicted octanol–water partition coefficient (Wildman–Crippen LogP) is 1.38. The van der Waals surface area contributed by atoms with Crippen molar-refractivity contribution in [1.82, 2.24) is 0 Å². The van der Waals surface area contributed by atoms with Gasteiger partial charge in [0.1, 0.15) is 0 Å². The minimum Gasteiger partial charge on any atom is -0.481 e. The van der Waals surface area contributed by atoms with Crippen LogP contribution in [0.5, 0.6) is 0 Å². The van der Waals surface area contributed by atoms with Crippen LogP contribution in [-0.2, 0) is 9.53 Å². The smallest absolute Gasteiger partial charge is 0.304 e. The van der Waals surface area contributed by atoms with Crippen LogP contribution in [0.25, 0.3) is 0 Å². The maximum absolute atomic E-state index is 11.0. The van der Waals surface area contributed by atoms with Gasteiger partial charge in [-0.3, -0.25) is 4.79 Å². The van der Waals surface area contributed by atoms with Gasteiger partial charge in [0.05, 0.1) is 12.0 Å². The molecular weight excluding hydrogens is 194 g/mol. The van der Waals surface area contributed by atoms with E-state index < -0.39 is 22.5 Å². The number of hydrogen-bond donors (Lipinski definition) is 2. The zero-order valence-electron chi connectivity index (χ0n) is 9.96. The third-order valence-electron chi connectivity index (χ3n) is 3.83. The number of hydrogen-bond acceptors (Lipinski definition) is 3. The zero-order chi connectivity index (χ0) is 11.9. The van der Waals surface area contributed by atoms with E-state index in [1.807, 2.05) is 27.7 Å². The van der Waals surface area contributed by atoms with E-state index in [0.29, 0.717) is 13.0 Å². The van der Waals surface area contributed by atoms with Crippen LogP contribution in [0.3, 0.4) is 0 Å². The maximum Gasteiger partial charge on any atom is 0.304 e. The standard InChI is InChI=1S/C11H21NO3/c1-9(2,12)11(7-8(13)14)5-6-15-10(11,3)4/h5-7,12H2,1-4H3,(H,13,14). The summed E-state index contributed by atoms with van der Waals surface area (Å²) in [5, 5.41) is 9.02. The van der Waals surface area contributed by atoms with Crippen LogP contribution >= 0.6 is 0 Å². The Labute approximate surface area is 90.8 Å². The van der Waals surface area contributed by atoms with Crippen LogP contribution in [0.2, 0.25) is 0 Å². The maximum atomic E-state index is 11.0. The van der Waals surface area contributed by atoms with Gasteiger partial charge in [0, 0.05) is 17.6 Å². The molecule has 0 spiro atoms. The Morgan fingerprint density at radius 3 is 2.33 bits per heavy atom. The van der Waals surface area contributed by atoms with Crippen LogP contribution < -0.4 is 5.73 Å². The van der Waals surface area contributed by atoms with Gasteiger partial charge in [-0.1, -0.05) is 0 Å². The molecule has 1 aliphatic heterocycles. The lowest BCUT2D eigenvalue weighted by Gasteiger charge is -2.48. The number of ether oxygens (including phenoxy) is 1. The van der Waals surface area contributed by atoms with E-state index in [1.54, 1.807) is 0 Å². The van der Waals surface area contributed by atoms with Gasteiger partial charge in [-0.2, -0.15) is 0 Å². The summed E-state index contributed by atoms with van der Waals surface area (Å²) in [5.74, 6) is -0.813. The second-order valence-electron chi connectivity index (χ2n) is 5.48. The molecule has 1 rings (SSSR count). The van der Waals surface area contributed by atoms with Crippen molar-refractivity contribution < 1.29 is 14.6 Å². The van der Waals surface area contributed by atoms with Gasteiger partial charge in [-0.15, -0.1) is 0 Å². The molecule has 1 unspecified atom stereocenters. The first-order valence-electron chi connectivity index (χ1n) is 5.27. The van der Waals surface area contributed by atoms with Crippen molar-refractivity contribution in [2.24, 2.45) is 11.1 Å². The Hall–Kier alpha value is -0.610. The van der Waals surface area contributed by atoms with Crippen LogP contribution in [0.15, 0.2) is 0 Å². The summed E-state index contributed by atoms with van der Waals surface area (Å²) < 4.78 is 5.64. The van der Waals surface area contributed by atoms with Crippen molar-refractivity contribution >= 4 is 5.97 Å². The lowest BCUT2D eigenvalue weighted by Crippen LogP contribution is -2.59. The number of rotatable bonds is 3. The summed E-state index contributed by atoms with van der Waals surface area (Å²) >= 11 is 0. The Balaban J connectivity index is 3.13. The summed E-state index contributed by atoms with van der Waals surface area (Å²) in [7, 11) is 0. The number of aliphatic carboxylic acids is 1. The van der Waals surface area contributed by atoms with Gasteiger partial charge in [0.15, 0.2) is 0 Å². The Morgan fingerprint density at radius 2 is 2.07 bits per heavy atom. The molecule has 0 saturated carbocycles. The van der Waals surface area contributed by atoms with E-state index in [1.165, 1.54) is 0 Å². The Bertz CT molecular complexity index is 267. The molecule has 0 bridgehead atoms. The second-order valence-corrected chi connectivity index (χ2v) is 5.48. The predicted molar refractivity (Wildman–Crippen MR) is 57.6 cm³/mol. The molecule has 0 aromatic carbocycles. The van der Waals surface area contributed by atoms with E-state index in [2.05, 4.69) is 0 Å². The summed E-state index contributed by atoms with van der Waals surface area (Å²) in [6.07, 6.45) is 0.763. The van der Waals surface area contributed by atoms with Gasteiger partial charge in [0.2, 0.25) is 0 Å². The average molecular weight is 215 g/mol. The third-order valence-corrected chi connectivity index (χ3v) is 3.83. The fourth-order valence-corrected chi connectivity index (χ4v) is 2.80. The molecule has 1 fully saturated rings. The van der Waals surface area contributed by atoms with Crippen molar-refractivity contribution in [3.8, 4) is 0 Å². The number of carboxylic acids is 1. The second kappa shape index (κ2) is 3.46. The van der Waals surface area contributed by atoms with E-state index >= 15 is 0 Å². The molecule has 0 aliphatic carbocycles. The van der Waals surface area contributed by atoms with E-state index in [4.69, 9.17) is 15.6 Å². The zero-order valence-corrected chi connectivity index (χ0v) is 9.96. The van der Waals surface area contributed by atoms with Gasteiger partial charge in [-0.25, -0.2) is 0 Å². The minimum atomic E-state index is -0.813. The average Bonchev–Trinajstić information content (AvgIpc) is 2.25. The van der Waals surface area contributed by atoms with E-state index in [-0.39, 0.29) is 6.42 Å². The fraction of sp³-hybridized carbons (Fsp3) is 0.909. The molecule has 0 radical (unpaired) electrons. The van der Waals surface area contributed by atoms with Crippen molar-refractivity contribution in [2.45, 2.75) is 51.7 Å². The molecule has 0 aromatic heterocycles. The lowest BCUT2D eigenvalue weighted by molar-refractivity contribution is -0.146. The topological polar surface area (TPSA) is 72.6 Å². The first-order chi connectivity index (χ1) is 6.62. The van der Waals surface area contributed by atoms with Gasteiger partial charge in [0.25, 0.3) is 0 Å². The number of nitrogens with two attached hydrogens (primary N) is 1. The minimum absolute atomic E-state index is 0.0590. The summed E-state index contributed by atoms with van der Waals surface area (Å²) in [6.45, 7) is 8.20. The van der Waals surface area contributed by atoms with Gasteiger partial charge in [-0.05, 0) is 34.1 Å². The first-order valence-corrected chi connectivity index (χ1v) is 5.27. The molecule has 4 nitrogen and oxygen atoms in total. The highest BCUT2D eigenvalue weighted by Gasteiger charge is 2.58. The van der Waals surface area contributed by atoms with Gasteiger partial charge >= 0.3 is 5.97 Å². The molecule has 88 valence electrons. The highest BCUT2D eigenvalue weighted by molar-refractivity contribution is 5.68. The van der Waals surface area contributed by atoms with Crippen molar-refractivity contribution in [2.75, 3.05) is 6.61 Å². The van der Waals surface area contributed by atoms with Crippen molar-refractivity contribution in [3.63, 3.8) is 0 Å². The molecule has 1 saturated heterocycles. The molecule has 0 aromatic rings. The molecule has 15 heavy (non-hydrogen) atoms. The Morgan fingerprint density at radius 1 is 1.53 bits per heavy atom. The highest BCUT2D eigenvalue weighted by atomic mass is 16.5. The largest absolute Gasteiger partial charge is 0.481 e. The normalized spacial score (nSPS) is 30.5. The molecule has 1 atom stereocenters. The highest BCUT2D eigenvalue weighted by Crippen LogP contribution is 2.52. The van der Waals surface area contributed by atoms with Crippen LogP contribution in [0, 0.1) is 5.41 Å². The molecule has 3 N–H and O–H groups in total. The quantitative estimate of drug-likeness (QED) is 0.746. The third kappa shape index (κ3) is 1.88. The number of carboxylic acid groups (broad SMARTS) is 1. The SMILES string of the molecule is CC(C)(N)C1(CC(=O)O)CCOC1(C)C. The molecule has 0 amide bonds. The molecule has 1 aliphatic rings. The number of carbonyl (C=O) groups is 1. The fourth-order valence-electron chi connectivity index (χ4n) is 2.80. The molecule has 1 heterocycles. The van der Waals surface area contributed by atoms with Crippen LogP contribution in [-0.4, -0.2) is 28.8 Å². The summed E-state index contributed by atoms with van der Waals surface area (Å²) in [4.78, 5) is 11.0. The van der Waals surface area contributed by atoms with E-state index in [0.717, 1.165) is 0 Å². The lowest BCUT2D eigenvalue weighted by atomic mass is 9.60. The summed E-state index contributed by atoms with van der Waals surface area (Å²) in [5.41, 5.74) is 4.62. The van der Waals surface area contributed by atoms with Crippen molar-refractivity contribution in [1.29, 1.82) is 0 Å².